The number of thioether (sulfide) groups is 1. The Balaban J connectivity index is 1.21. The summed E-state index contributed by atoms with van der Waals surface area (Å²) in [7, 11) is 0. The Morgan fingerprint density at radius 3 is 2.50 bits per heavy atom. The van der Waals surface area contributed by atoms with Crippen LogP contribution < -0.4 is 20.5 Å². The van der Waals surface area contributed by atoms with Gasteiger partial charge in [-0.2, -0.15) is 4.99 Å². The summed E-state index contributed by atoms with van der Waals surface area (Å²) < 4.78 is 42.7. The number of aliphatic imine (C=N–C) groups is 1. The normalized spacial score (nSPS) is 14.9. The van der Waals surface area contributed by atoms with Gasteiger partial charge in [-0.3, -0.25) is 15.1 Å². The predicted octanol–water partition coefficient (Wildman–Crippen LogP) is 6.98. The molecule has 2 N–H and O–H groups in total. The Morgan fingerprint density at radius 2 is 1.80 bits per heavy atom. The topological polar surface area (TPSA) is 114 Å². The third-order valence-corrected chi connectivity index (χ3v) is 8.08. The molecule has 14 heteroatoms. The van der Waals surface area contributed by atoms with E-state index in [1.807, 2.05) is 55.5 Å². The Labute approximate surface area is 268 Å². The summed E-state index contributed by atoms with van der Waals surface area (Å²) in [4.78, 5) is 35.7. The molecular formula is C32H32F3N7O3S. The molecule has 4 aromatic rings. The van der Waals surface area contributed by atoms with Crippen molar-refractivity contribution >= 4 is 34.6 Å². The Hall–Kier alpha value is -4.69. The van der Waals surface area contributed by atoms with Crippen molar-refractivity contribution in [1.29, 1.82) is 0 Å². The molecule has 0 radical (unpaired) electrons. The lowest BCUT2D eigenvalue weighted by molar-refractivity contribution is -0.274. The fourth-order valence-electron chi connectivity index (χ4n) is 4.86. The molecule has 0 spiro atoms. The molecule has 10 nitrogen and oxygen atoms in total. The van der Waals surface area contributed by atoms with Gasteiger partial charge in [0.05, 0.1) is 23.2 Å². The van der Waals surface area contributed by atoms with Crippen LogP contribution in [-0.4, -0.2) is 44.0 Å². The van der Waals surface area contributed by atoms with Crippen molar-refractivity contribution in [2.45, 2.75) is 51.9 Å². The van der Waals surface area contributed by atoms with Crippen LogP contribution in [0.4, 0.5) is 23.7 Å². The first-order valence-electron chi connectivity index (χ1n) is 14.7. The number of aryl methyl sites for hydroxylation is 1. The maximum atomic E-state index is 12.8. The fraction of sp³-hybridized carbons (Fsp3) is 0.281. The second-order valence-corrected chi connectivity index (χ2v) is 11.3. The number of benzene rings is 3. The van der Waals surface area contributed by atoms with Crippen molar-refractivity contribution in [1.82, 2.24) is 25.6 Å². The molecule has 2 heterocycles. The van der Waals surface area contributed by atoms with Crippen molar-refractivity contribution in [2.24, 2.45) is 4.99 Å². The third-order valence-electron chi connectivity index (χ3n) is 7.15. The van der Waals surface area contributed by atoms with Gasteiger partial charge in [0.2, 0.25) is 5.91 Å². The molecule has 1 atom stereocenters. The molecule has 3 amide bonds. The van der Waals surface area contributed by atoms with Crippen molar-refractivity contribution in [3.8, 4) is 22.8 Å². The van der Waals surface area contributed by atoms with Crippen LogP contribution in [-0.2, 0) is 11.2 Å². The van der Waals surface area contributed by atoms with Gasteiger partial charge in [-0.05, 0) is 60.7 Å². The number of rotatable bonds is 11. The number of carbonyl (C=O) groups excluding carboxylic acids is 2. The van der Waals surface area contributed by atoms with Crippen LogP contribution in [0.2, 0.25) is 0 Å². The number of hydrogen-bond acceptors (Lipinski definition) is 7. The molecular weight excluding hydrogens is 619 g/mol. The first-order chi connectivity index (χ1) is 22.1. The highest BCUT2D eigenvalue weighted by molar-refractivity contribution is 8.15. The number of halogens is 3. The molecule has 3 aromatic carbocycles. The maximum absolute atomic E-state index is 12.8. The molecule has 1 aliphatic rings. The summed E-state index contributed by atoms with van der Waals surface area (Å²) >= 11 is 1.23. The molecule has 1 fully saturated rings. The van der Waals surface area contributed by atoms with E-state index in [-0.39, 0.29) is 23.5 Å². The molecule has 5 rings (SSSR count). The fourth-order valence-corrected chi connectivity index (χ4v) is 5.72. The van der Waals surface area contributed by atoms with Crippen LogP contribution in [0.15, 0.2) is 84.1 Å². The summed E-state index contributed by atoms with van der Waals surface area (Å²) in [6.07, 6.45) is 0.205. The average Bonchev–Trinajstić information content (AvgIpc) is 3.67. The third kappa shape index (κ3) is 8.12. The summed E-state index contributed by atoms with van der Waals surface area (Å²) in [5.74, 6) is 0.194. The van der Waals surface area contributed by atoms with Crippen LogP contribution in [0.5, 0.6) is 5.75 Å². The standard InChI is InChI=1S/C32H32F3N7O3S/c1-3-5-8-22-9-6-7-10-27(22)42-28(43)19-46-31(42)37-30(44)39-38-26(4-2)21-11-13-23(14-12-21)29-36-20-41(40-29)24-15-17-25(18-16-24)45-32(33,34)35/h6-7,9-18,20,26,38H,3-5,8,19H2,1-2H3,(H,39,44). The second-order valence-electron chi connectivity index (χ2n) is 10.4. The minimum Gasteiger partial charge on any atom is -0.406 e. The number of urea groups is 1. The summed E-state index contributed by atoms with van der Waals surface area (Å²) in [5.41, 5.74) is 9.62. The van der Waals surface area contributed by atoms with Gasteiger partial charge in [0.25, 0.3) is 0 Å². The first-order valence-corrected chi connectivity index (χ1v) is 15.7. The molecule has 1 saturated heterocycles. The second kappa shape index (κ2) is 14.6. The van der Waals surface area contributed by atoms with Gasteiger partial charge in [0, 0.05) is 5.56 Å². The number of hydrazine groups is 1. The highest BCUT2D eigenvalue weighted by Gasteiger charge is 2.32. The molecule has 0 aliphatic carbocycles. The quantitative estimate of drug-likeness (QED) is 0.168. The Bertz CT molecular complexity index is 1690. The van der Waals surface area contributed by atoms with Crippen molar-refractivity contribution in [2.75, 3.05) is 10.7 Å². The van der Waals surface area contributed by atoms with Crippen LogP contribution in [0.1, 0.15) is 50.3 Å². The lowest BCUT2D eigenvalue weighted by Gasteiger charge is -2.20. The minimum atomic E-state index is -4.76. The molecule has 1 aromatic heterocycles. The zero-order valence-electron chi connectivity index (χ0n) is 25.1. The molecule has 0 saturated carbocycles. The Kier molecular flexibility index (Phi) is 10.4. The zero-order valence-corrected chi connectivity index (χ0v) is 25.9. The van der Waals surface area contributed by atoms with E-state index >= 15 is 0 Å². The summed E-state index contributed by atoms with van der Waals surface area (Å²) in [6.45, 7) is 4.08. The number of unbranched alkanes of at least 4 members (excludes halogenated alkanes) is 1. The smallest absolute Gasteiger partial charge is 0.406 e. The molecule has 1 unspecified atom stereocenters. The zero-order chi connectivity index (χ0) is 32.7. The first kappa shape index (κ1) is 32.7. The molecule has 0 bridgehead atoms. The van der Waals surface area contributed by atoms with Gasteiger partial charge >= 0.3 is 12.4 Å². The maximum Gasteiger partial charge on any atom is 0.573 e. The summed E-state index contributed by atoms with van der Waals surface area (Å²) in [6, 6.07) is 19.6. The van der Waals surface area contributed by atoms with Crippen molar-refractivity contribution in [3.63, 3.8) is 0 Å². The van der Waals surface area contributed by atoms with E-state index < -0.39 is 12.4 Å². The number of hydrogen-bond donors (Lipinski definition) is 2. The van der Waals surface area contributed by atoms with E-state index in [4.69, 9.17) is 0 Å². The van der Waals surface area contributed by atoms with Gasteiger partial charge in [0.15, 0.2) is 11.0 Å². The number of alkyl halides is 3. The number of nitrogens with one attached hydrogen (secondary N) is 2. The van der Waals surface area contributed by atoms with Crippen LogP contribution >= 0.6 is 11.8 Å². The van der Waals surface area contributed by atoms with E-state index in [2.05, 4.69) is 37.6 Å². The molecule has 46 heavy (non-hydrogen) atoms. The van der Waals surface area contributed by atoms with Crippen LogP contribution in [0.25, 0.3) is 17.1 Å². The lowest BCUT2D eigenvalue weighted by Crippen LogP contribution is -2.39. The van der Waals surface area contributed by atoms with Crippen LogP contribution in [0, 0.1) is 0 Å². The van der Waals surface area contributed by atoms with E-state index in [0.29, 0.717) is 23.1 Å². The largest absolute Gasteiger partial charge is 0.573 e. The number of amidine groups is 1. The van der Waals surface area contributed by atoms with E-state index in [0.717, 1.165) is 41.6 Å². The van der Waals surface area contributed by atoms with Crippen molar-refractivity contribution < 1.29 is 27.5 Å². The lowest BCUT2D eigenvalue weighted by atomic mass is 10.0. The van der Waals surface area contributed by atoms with Crippen LogP contribution in [0.3, 0.4) is 0 Å². The van der Waals surface area contributed by atoms with Gasteiger partial charge in [0.1, 0.15) is 12.1 Å². The Morgan fingerprint density at radius 1 is 1.07 bits per heavy atom. The number of amides is 3. The molecule has 240 valence electrons. The van der Waals surface area contributed by atoms with Crippen molar-refractivity contribution in [3.05, 3.63) is 90.3 Å². The highest BCUT2D eigenvalue weighted by atomic mass is 32.2. The van der Waals surface area contributed by atoms with Gasteiger partial charge < -0.3 is 4.74 Å². The SMILES string of the molecule is CCCCc1ccccc1N1C(=O)CSC1=NC(=O)NNC(CC)c1ccc(-c2ncn(-c3ccc(OC(F)(F)F)cc3)n2)cc1. The van der Waals surface area contributed by atoms with Gasteiger partial charge in [-0.15, -0.1) is 18.3 Å². The van der Waals surface area contributed by atoms with E-state index in [1.54, 1.807) is 0 Å². The van der Waals surface area contributed by atoms with Gasteiger partial charge in [-0.1, -0.05) is 74.5 Å². The monoisotopic (exact) mass is 651 g/mol. The predicted molar refractivity (Wildman–Crippen MR) is 171 cm³/mol. The highest BCUT2D eigenvalue weighted by Crippen LogP contribution is 2.31. The number of aromatic nitrogens is 3. The number of carbonyl (C=O) groups is 2. The van der Waals surface area contributed by atoms with E-state index in [1.165, 1.54) is 51.9 Å². The van der Waals surface area contributed by atoms with E-state index in [9.17, 15) is 22.8 Å². The number of para-hydroxylation sites is 1. The number of nitrogens with zero attached hydrogens (tertiary/aromatic N) is 5. The summed E-state index contributed by atoms with van der Waals surface area (Å²) in [5, 5.41) is 4.77. The number of ether oxygens (including phenoxy) is 1. The minimum absolute atomic E-state index is 0.118. The number of anilines is 1. The molecule has 1 aliphatic heterocycles. The average molecular weight is 652 g/mol. The van der Waals surface area contributed by atoms with Gasteiger partial charge in [-0.25, -0.2) is 19.9 Å².